The Hall–Kier alpha value is -1.17. The van der Waals surface area contributed by atoms with Crippen LogP contribution in [-0.4, -0.2) is 11.0 Å². The van der Waals surface area contributed by atoms with Gasteiger partial charge in [0.25, 0.3) is 0 Å². The minimum atomic E-state index is -0.741. The maximum Gasteiger partial charge on any atom is 0.318 e. The van der Waals surface area contributed by atoms with Crippen molar-refractivity contribution in [3.63, 3.8) is 0 Å². The predicted molar refractivity (Wildman–Crippen MR) is 35.3 cm³/mol. The molecule has 0 saturated heterocycles. The Balaban J connectivity index is 2.67. The van der Waals surface area contributed by atoms with Gasteiger partial charge in [0.1, 0.15) is 0 Å². The number of aromatic nitrogens is 1. The molecule has 0 unspecified atom stereocenters. The summed E-state index contributed by atoms with van der Waals surface area (Å²) in [5.41, 5.74) is 4.73. The lowest BCUT2D eigenvalue weighted by Gasteiger charge is -1.90. The van der Waals surface area contributed by atoms with E-state index in [2.05, 4.69) is 10.3 Å². The van der Waals surface area contributed by atoms with Gasteiger partial charge in [0.15, 0.2) is 10.3 Å². The largest absolute Gasteiger partial charge is 0.351 e. The number of anilines is 1. The molecule has 0 atom stereocenters. The van der Waals surface area contributed by atoms with Crippen LogP contribution in [0.4, 0.5) is 14.3 Å². The molecule has 1 aromatic heterocycles. The molecule has 2 amide bonds. The quantitative estimate of drug-likeness (QED) is 0.638. The summed E-state index contributed by atoms with van der Waals surface area (Å²) in [6.45, 7) is 0. The average Bonchev–Trinajstić information content (AvgIpc) is 2.13. The normalized spacial score (nSPS) is 9.30. The summed E-state index contributed by atoms with van der Waals surface area (Å²) in [5.74, 6) is 0. The molecule has 6 heteroatoms. The molecule has 1 heterocycles. The number of rotatable bonds is 1. The Labute approximate surface area is 59.9 Å². The highest BCUT2D eigenvalue weighted by Gasteiger charge is 2.00. The van der Waals surface area contributed by atoms with Gasteiger partial charge in [-0.25, -0.2) is 9.78 Å². The maximum absolute atomic E-state index is 12.1. The van der Waals surface area contributed by atoms with E-state index in [1.807, 2.05) is 0 Å². The molecular weight excluding hydrogens is 157 g/mol. The fraction of sp³-hybridized carbons (Fsp3) is 0. The van der Waals surface area contributed by atoms with Crippen molar-refractivity contribution < 1.29 is 9.18 Å². The van der Waals surface area contributed by atoms with Crippen molar-refractivity contribution >= 4 is 22.5 Å². The first-order valence-electron chi connectivity index (χ1n) is 2.36. The van der Waals surface area contributed by atoms with Gasteiger partial charge in [-0.1, -0.05) is 11.3 Å². The first-order valence-corrected chi connectivity index (χ1v) is 3.18. The van der Waals surface area contributed by atoms with E-state index in [4.69, 9.17) is 5.73 Å². The molecule has 4 nitrogen and oxygen atoms in total. The SMILES string of the molecule is NC(=O)Nc1ncc(F)s1. The second kappa shape index (κ2) is 2.61. The number of carbonyl (C=O) groups is 1. The molecular formula is C4H4FN3OS. The van der Waals surface area contributed by atoms with Crippen LogP contribution in [0, 0.1) is 5.13 Å². The summed E-state index contributed by atoms with van der Waals surface area (Å²) in [6.07, 6.45) is 1.01. The third-order valence-corrected chi connectivity index (χ3v) is 1.41. The number of amides is 2. The zero-order valence-corrected chi connectivity index (χ0v) is 5.61. The van der Waals surface area contributed by atoms with Crippen molar-refractivity contribution in [1.82, 2.24) is 4.98 Å². The van der Waals surface area contributed by atoms with Crippen LogP contribution in [0.5, 0.6) is 0 Å². The Kier molecular flexibility index (Phi) is 1.81. The summed E-state index contributed by atoms with van der Waals surface area (Å²) in [6, 6.07) is -0.741. The van der Waals surface area contributed by atoms with Gasteiger partial charge >= 0.3 is 6.03 Å². The van der Waals surface area contributed by atoms with Crippen molar-refractivity contribution in [3.05, 3.63) is 11.3 Å². The number of thiazole rings is 1. The van der Waals surface area contributed by atoms with Crippen LogP contribution >= 0.6 is 11.3 Å². The molecule has 0 saturated carbocycles. The van der Waals surface area contributed by atoms with Crippen LogP contribution in [0.3, 0.4) is 0 Å². The van der Waals surface area contributed by atoms with Crippen LogP contribution in [0.2, 0.25) is 0 Å². The van der Waals surface area contributed by atoms with Gasteiger partial charge in [-0.2, -0.15) is 4.39 Å². The van der Waals surface area contributed by atoms with Crippen molar-refractivity contribution in [2.24, 2.45) is 5.73 Å². The number of urea groups is 1. The van der Waals surface area contributed by atoms with Crippen molar-refractivity contribution in [2.75, 3.05) is 5.32 Å². The number of nitrogens with two attached hydrogens (primary N) is 1. The number of hydrogen-bond donors (Lipinski definition) is 2. The van der Waals surface area contributed by atoms with E-state index >= 15 is 0 Å². The summed E-state index contributed by atoms with van der Waals surface area (Å²) in [4.78, 5) is 13.6. The minimum absolute atomic E-state index is 0.171. The number of primary amides is 1. The van der Waals surface area contributed by atoms with Gasteiger partial charge in [-0.05, 0) is 0 Å². The lowest BCUT2D eigenvalue weighted by molar-refractivity contribution is 0.259. The number of halogens is 1. The topological polar surface area (TPSA) is 68.0 Å². The Morgan fingerprint density at radius 3 is 3.00 bits per heavy atom. The fourth-order valence-corrected chi connectivity index (χ4v) is 0.965. The molecule has 3 N–H and O–H groups in total. The summed E-state index contributed by atoms with van der Waals surface area (Å²) < 4.78 is 12.1. The molecule has 0 spiro atoms. The number of nitrogens with one attached hydrogen (secondary N) is 1. The molecule has 0 fully saturated rings. The molecule has 54 valence electrons. The molecule has 0 bridgehead atoms. The molecule has 0 radical (unpaired) electrons. The van der Waals surface area contributed by atoms with Gasteiger partial charge in [0.05, 0.1) is 6.20 Å². The monoisotopic (exact) mass is 161 g/mol. The van der Waals surface area contributed by atoms with E-state index in [1.165, 1.54) is 0 Å². The van der Waals surface area contributed by atoms with Crippen molar-refractivity contribution in [1.29, 1.82) is 0 Å². The standard InChI is InChI=1S/C4H4FN3OS/c5-2-1-7-4(10-2)8-3(6)9/h1H,(H3,6,7,8,9). The molecule has 1 rings (SSSR count). The van der Waals surface area contributed by atoms with Gasteiger partial charge in [0, 0.05) is 0 Å². The van der Waals surface area contributed by atoms with E-state index in [0.29, 0.717) is 0 Å². The van der Waals surface area contributed by atoms with E-state index in [0.717, 1.165) is 17.5 Å². The lowest BCUT2D eigenvalue weighted by Crippen LogP contribution is -2.18. The van der Waals surface area contributed by atoms with E-state index in [-0.39, 0.29) is 5.13 Å². The average molecular weight is 161 g/mol. The summed E-state index contributed by atoms with van der Waals surface area (Å²) >= 11 is 0.726. The second-order valence-corrected chi connectivity index (χ2v) is 2.44. The number of nitrogens with zero attached hydrogens (tertiary/aromatic N) is 1. The molecule has 0 aliphatic heterocycles. The second-order valence-electron chi connectivity index (χ2n) is 1.46. The first-order chi connectivity index (χ1) is 4.68. The third-order valence-electron chi connectivity index (χ3n) is 0.708. The smallest absolute Gasteiger partial charge is 0.318 e. The fourth-order valence-electron chi connectivity index (χ4n) is 0.418. The van der Waals surface area contributed by atoms with Crippen molar-refractivity contribution in [2.45, 2.75) is 0 Å². The van der Waals surface area contributed by atoms with Gasteiger partial charge in [-0.3, -0.25) is 5.32 Å². The van der Waals surface area contributed by atoms with Crippen LogP contribution < -0.4 is 11.1 Å². The van der Waals surface area contributed by atoms with Crippen LogP contribution in [-0.2, 0) is 0 Å². The van der Waals surface area contributed by atoms with Crippen molar-refractivity contribution in [3.8, 4) is 0 Å². The van der Waals surface area contributed by atoms with Crippen LogP contribution in [0.15, 0.2) is 6.20 Å². The van der Waals surface area contributed by atoms with E-state index < -0.39 is 11.2 Å². The number of hydrogen-bond acceptors (Lipinski definition) is 3. The highest BCUT2D eigenvalue weighted by atomic mass is 32.1. The van der Waals surface area contributed by atoms with Gasteiger partial charge in [0.2, 0.25) is 0 Å². The van der Waals surface area contributed by atoms with E-state index in [1.54, 1.807) is 0 Å². The lowest BCUT2D eigenvalue weighted by atomic mass is 10.9. The Morgan fingerprint density at radius 1 is 1.90 bits per heavy atom. The molecule has 0 aliphatic rings. The highest BCUT2D eigenvalue weighted by molar-refractivity contribution is 7.14. The minimum Gasteiger partial charge on any atom is -0.351 e. The van der Waals surface area contributed by atoms with E-state index in [9.17, 15) is 9.18 Å². The van der Waals surface area contributed by atoms with Crippen LogP contribution in [0.25, 0.3) is 0 Å². The third kappa shape index (κ3) is 1.66. The molecule has 0 aliphatic carbocycles. The highest BCUT2D eigenvalue weighted by Crippen LogP contribution is 2.14. The first kappa shape index (κ1) is 6.94. The summed E-state index contributed by atoms with van der Waals surface area (Å²) in [7, 11) is 0. The van der Waals surface area contributed by atoms with Gasteiger partial charge in [-0.15, -0.1) is 0 Å². The predicted octanol–water partition coefficient (Wildman–Crippen LogP) is 0.773. The summed E-state index contributed by atoms with van der Waals surface area (Å²) in [5, 5.41) is 1.85. The zero-order chi connectivity index (χ0) is 7.56. The molecule has 0 aromatic carbocycles. The number of carbonyl (C=O) groups excluding carboxylic acids is 1. The zero-order valence-electron chi connectivity index (χ0n) is 4.80. The van der Waals surface area contributed by atoms with Crippen LogP contribution in [0.1, 0.15) is 0 Å². The molecule has 1 aromatic rings. The Bertz CT molecular complexity index is 248. The Morgan fingerprint density at radius 2 is 2.60 bits per heavy atom. The van der Waals surface area contributed by atoms with Gasteiger partial charge < -0.3 is 5.73 Å². The molecule has 10 heavy (non-hydrogen) atoms. The maximum atomic E-state index is 12.1.